The third kappa shape index (κ3) is 3.99. The molecule has 4 heterocycles. The molecule has 0 atom stereocenters. The zero-order valence-corrected chi connectivity index (χ0v) is 20.0. The minimum atomic E-state index is -3.57. The van der Waals surface area contributed by atoms with E-state index in [1.165, 1.54) is 10.5 Å². The molecule has 9 heteroatoms. The van der Waals surface area contributed by atoms with E-state index in [0.29, 0.717) is 53.4 Å². The van der Waals surface area contributed by atoms with Gasteiger partial charge in [-0.2, -0.15) is 4.31 Å². The maximum Gasteiger partial charge on any atom is 0.243 e. The number of hydrogen-bond acceptors (Lipinski definition) is 5. The van der Waals surface area contributed by atoms with Gasteiger partial charge in [0.05, 0.1) is 16.7 Å². The van der Waals surface area contributed by atoms with Gasteiger partial charge in [-0.25, -0.2) is 22.8 Å². The second-order valence-corrected chi connectivity index (χ2v) is 10.5. The summed E-state index contributed by atoms with van der Waals surface area (Å²) in [6, 6.07) is 12.4. The standard InChI is InChI=1S/C25H26FN5O2S/c1-3-18-5-7-20(8-6-18)34(32,33)30-14-11-19(12-15-30)31-24(21-10-13-27-16-22(21)26)29-23-9-4-17(2)28-25(23)31/h4-10,13,16,19H,3,11-12,14-15H2,1-2H3. The van der Waals surface area contributed by atoms with Gasteiger partial charge in [0.1, 0.15) is 11.3 Å². The number of imidazole rings is 1. The van der Waals surface area contributed by atoms with Crippen LogP contribution in [0.5, 0.6) is 0 Å². The maximum absolute atomic E-state index is 14.7. The van der Waals surface area contributed by atoms with Crippen LogP contribution in [0.4, 0.5) is 4.39 Å². The van der Waals surface area contributed by atoms with E-state index in [0.717, 1.165) is 17.7 Å². The molecule has 0 spiro atoms. The van der Waals surface area contributed by atoms with Gasteiger partial charge in [-0.1, -0.05) is 19.1 Å². The Kier molecular flexibility index (Phi) is 5.91. The van der Waals surface area contributed by atoms with Crippen molar-refractivity contribution in [2.24, 2.45) is 0 Å². The molecule has 1 fully saturated rings. The Morgan fingerprint density at radius 2 is 1.76 bits per heavy atom. The van der Waals surface area contributed by atoms with Gasteiger partial charge >= 0.3 is 0 Å². The molecule has 1 aliphatic rings. The zero-order valence-electron chi connectivity index (χ0n) is 19.1. The predicted molar refractivity (Wildman–Crippen MR) is 128 cm³/mol. The maximum atomic E-state index is 14.7. The van der Waals surface area contributed by atoms with Crippen LogP contribution in [0.25, 0.3) is 22.6 Å². The van der Waals surface area contributed by atoms with Crippen LogP contribution in [-0.4, -0.2) is 45.3 Å². The number of aromatic nitrogens is 4. The summed E-state index contributed by atoms with van der Waals surface area (Å²) in [5.74, 6) is 0.0378. The Bertz CT molecular complexity index is 1440. The lowest BCUT2D eigenvalue weighted by atomic mass is 10.1. The van der Waals surface area contributed by atoms with Crippen LogP contribution in [0.15, 0.2) is 59.8 Å². The van der Waals surface area contributed by atoms with Crippen LogP contribution in [0.2, 0.25) is 0 Å². The average molecular weight is 480 g/mol. The van der Waals surface area contributed by atoms with E-state index in [1.54, 1.807) is 24.4 Å². The molecule has 176 valence electrons. The van der Waals surface area contributed by atoms with Crippen molar-refractivity contribution in [3.63, 3.8) is 0 Å². The number of aryl methyl sites for hydroxylation is 2. The Balaban J connectivity index is 1.47. The van der Waals surface area contributed by atoms with Crippen molar-refractivity contribution in [2.75, 3.05) is 13.1 Å². The number of benzene rings is 1. The number of halogens is 1. The van der Waals surface area contributed by atoms with Crippen LogP contribution in [0.1, 0.15) is 37.1 Å². The van der Waals surface area contributed by atoms with Crippen molar-refractivity contribution >= 4 is 21.2 Å². The number of rotatable bonds is 5. The molecule has 0 unspecified atom stereocenters. The first-order chi connectivity index (χ1) is 16.4. The highest BCUT2D eigenvalue weighted by Gasteiger charge is 2.32. The first kappa shape index (κ1) is 22.6. The van der Waals surface area contributed by atoms with Gasteiger partial charge in [0.2, 0.25) is 10.0 Å². The molecule has 1 saturated heterocycles. The van der Waals surface area contributed by atoms with Gasteiger partial charge in [-0.3, -0.25) is 4.98 Å². The van der Waals surface area contributed by atoms with Crippen LogP contribution in [0, 0.1) is 12.7 Å². The Morgan fingerprint density at radius 1 is 1.03 bits per heavy atom. The fourth-order valence-corrected chi connectivity index (χ4v) is 6.02. The lowest BCUT2D eigenvalue weighted by Crippen LogP contribution is -2.39. The number of hydrogen-bond donors (Lipinski definition) is 0. The normalized spacial score (nSPS) is 15.7. The van der Waals surface area contributed by atoms with E-state index in [4.69, 9.17) is 4.98 Å². The topological polar surface area (TPSA) is 81.0 Å². The summed E-state index contributed by atoms with van der Waals surface area (Å²) < 4.78 is 44.6. The van der Waals surface area contributed by atoms with Gasteiger partial charge in [0.15, 0.2) is 11.5 Å². The third-order valence-corrected chi connectivity index (χ3v) is 8.36. The predicted octanol–water partition coefficient (Wildman–Crippen LogP) is 4.53. The summed E-state index contributed by atoms with van der Waals surface area (Å²) in [7, 11) is -3.57. The van der Waals surface area contributed by atoms with Crippen LogP contribution >= 0.6 is 0 Å². The third-order valence-electron chi connectivity index (χ3n) is 6.45. The van der Waals surface area contributed by atoms with E-state index in [1.807, 2.05) is 42.7 Å². The van der Waals surface area contributed by atoms with E-state index in [2.05, 4.69) is 9.97 Å². The second-order valence-electron chi connectivity index (χ2n) is 8.59. The molecule has 1 aliphatic heterocycles. The van der Waals surface area contributed by atoms with Crippen LogP contribution in [-0.2, 0) is 16.4 Å². The fraction of sp³-hybridized carbons (Fsp3) is 0.320. The SMILES string of the molecule is CCc1ccc(S(=O)(=O)N2CCC(n3c(-c4ccncc4F)nc4ccc(C)nc43)CC2)cc1. The summed E-state index contributed by atoms with van der Waals surface area (Å²) in [4.78, 5) is 13.6. The van der Waals surface area contributed by atoms with Gasteiger partial charge in [-0.15, -0.1) is 0 Å². The molecule has 7 nitrogen and oxygen atoms in total. The smallest absolute Gasteiger partial charge is 0.243 e. The molecule has 0 amide bonds. The number of pyridine rings is 2. The van der Waals surface area contributed by atoms with Crippen molar-refractivity contribution in [2.45, 2.75) is 44.0 Å². The summed E-state index contributed by atoms with van der Waals surface area (Å²) in [5.41, 5.74) is 3.66. The van der Waals surface area contributed by atoms with Crippen LogP contribution < -0.4 is 0 Å². The monoisotopic (exact) mass is 479 g/mol. The van der Waals surface area contributed by atoms with Crippen molar-refractivity contribution < 1.29 is 12.8 Å². The molecular formula is C25H26FN5O2S. The van der Waals surface area contributed by atoms with E-state index >= 15 is 0 Å². The Hall–Kier alpha value is -3.17. The fourth-order valence-electron chi connectivity index (χ4n) is 4.55. The van der Waals surface area contributed by atoms with Gasteiger partial charge in [-0.05, 0) is 62.1 Å². The highest BCUT2D eigenvalue weighted by atomic mass is 32.2. The molecule has 0 N–H and O–H groups in total. The molecule has 1 aromatic carbocycles. The van der Waals surface area contributed by atoms with E-state index in [-0.39, 0.29) is 6.04 Å². The summed E-state index contributed by atoms with van der Waals surface area (Å²) >= 11 is 0. The quantitative estimate of drug-likeness (QED) is 0.420. The zero-order chi connectivity index (χ0) is 23.9. The first-order valence-corrected chi connectivity index (χ1v) is 12.9. The van der Waals surface area contributed by atoms with Crippen molar-refractivity contribution in [1.82, 2.24) is 23.8 Å². The largest absolute Gasteiger partial charge is 0.305 e. The second kappa shape index (κ2) is 8.88. The molecule has 3 aromatic heterocycles. The molecule has 5 rings (SSSR count). The van der Waals surface area contributed by atoms with E-state index in [9.17, 15) is 12.8 Å². The summed E-state index contributed by atoms with van der Waals surface area (Å²) in [5, 5.41) is 0. The Morgan fingerprint density at radius 3 is 2.44 bits per heavy atom. The minimum absolute atomic E-state index is 0.0595. The summed E-state index contributed by atoms with van der Waals surface area (Å²) in [6.07, 6.45) is 4.73. The lowest BCUT2D eigenvalue weighted by molar-refractivity contribution is 0.278. The molecule has 34 heavy (non-hydrogen) atoms. The molecule has 4 aromatic rings. The summed E-state index contributed by atoms with van der Waals surface area (Å²) in [6.45, 7) is 4.68. The number of sulfonamides is 1. The molecule has 0 saturated carbocycles. The van der Waals surface area contributed by atoms with Crippen LogP contribution in [0.3, 0.4) is 0 Å². The van der Waals surface area contributed by atoms with Gasteiger partial charge in [0.25, 0.3) is 0 Å². The van der Waals surface area contributed by atoms with Crippen molar-refractivity contribution in [1.29, 1.82) is 0 Å². The highest BCUT2D eigenvalue weighted by Crippen LogP contribution is 2.34. The molecule has 0 bridgehead atoms. The molecular weight excluding hydrogens is 453 g/mol. The number of piperidine rings is 1. The van der Waals surface area contributed by atoms with Gasteiger partial charge < -0.3 is 4.57 Å². The minimum Gasteiger partial charge on any atom is -0.305 e. The van der Waals surface area contributed by atoms with Crippen molar-refractivity contribution in [3.8, 4) is 11.4 Å². The lowest BCUT2D eigenvalue weighted by Gasteiger charge is -2.32. The average Bonchev–Trinajstić information content (AvgIpc) is 3.22. The Labute approximate surface area is 198 Å². The number of fused-ring (bicyclic) bond motifs is 1. The molecule has 0 aliphatic carbocycles. The van der Waals surface area contributed by atoms with Gasteiger partial charge in [0, 0.05) is 31.0 Å². The molecule has 0 radical (unpaired) electrons. The first-order valence-electron chi connectivity index (χ1n) is 11.4. The number of nitrogens with zero attached hydrogens (tertiary/aromatic N) is 5. The highest BCUT2D eigenvalue weighted by molar-refractivity contribution is 7.89. The van der Waals surface area contributed by atoms with Crippen molar-refractivity contribution in [3.05, 3.63) is 71.9 Å². The van der Waals surface area contributed by atoms with E-state index < -0.39 is 15.8 Å².